The van der Waals surface area contributed by atoms with Crippen molar-refractivity contribution < 1.29 is 13.2 Å². The molecule has 0 N–H and O–H groups in total. The van der Waals surface area contributed by atoms with Gasteiger partial charge in [0.1, 0.15) is 0 Å². The molecule has 0 atom stereocenters. The van der Waals surface area contributed by atoms with Crippen LogP contribution in [-0.2, 0) is 0 Å². The van der Waals surface area contributed by atoms with Gasteiger partial charge in [-0.15, -0.1) is 0 Å². The standard InChI is InChI=1S/C12H21F3/c1-11(2,3)8-9-4-6-10(7-5-9)12(13,14)15/h9-10H,4-8H2,1-3H3. The average molecular weight is 222 g/mol. The lowest BCUT2D eigenvalue weighted by atomic mass is 9.74. The van der Waals surface area contributed by atoms with Crippen LogP contribution in [0, 0.1) is 17.3 Å². The molecule has 0 saturated heterocycles. The molecular formula is C12H21F3. The van der Waals surface area contributed by atoms with Crippen molar-refractivity contribution >= 4 is 0 Å². The van der Waals surface area contributed by atoms with E-state index >= 15 is 0 Å². The van der Waals surface area contributed by atoms with E-state index in [4.69, 9.17) is 0 Å². The molecule has 0 aromatic carbocycles. The highest BCUT2D eigenvalue weighted by atomic mass is 19.4. The third-order valence-electron chi connectivity index (χ3n) is 3.21. The predicted molar refractivity (Wildman–Crippen MR) is 55.6 cm³/mol. The van der Waals surface area contributed by atoms with Crippen LogP contribution in [0.2, 0.25) is 0 Å². The van der Waals surface area contributed by atoms with Gasteiger partial charge in [0.2, 0.25) is 0 Å². The summed E-state index contributed by atoms with van der Waals surface area (Å²) < 4.78 is 37.2. The molecule has 1 fully saturated rings. The molecule has 0 aromatic heterocycles. The average Bonchev–Trinajstić information content (AvgIpc) is 2.00. The quantitative estimate of drug-likeness (QED) is 0.598. The molecule has 1 saturated carbocycles. The Hall–Kier alpha value is -0.210. The molecule has 0 radical (unpaired) electrons. The highest BCUT2D eigenvalue weighted by Crippen LogP contribution is 2.42. The van der Waals surface area contributed by atoms with Crippen LogP contribution in [0.25, 0.3) is 0 Å². The molecule has 0 unspecified atom stereocenters. The summed E-state index contributed by atoms with van der Waals surface area (Å²) in [6.07, 6.45) is -0.734. The first kappa shape index (κ1) is 12.9. The summed E-state index contributed by atoms with van der Waals surface area (Å²) in [6, 6.07) is 0. The van der Waals surface area contributed by atoms with Gasteiger partial charge in [-0.3, -0.25) is 0 Å². The van der Waals surface area contributed by atoms with E-state index in [2.05, 4.69) is 20.8 Å². The summed E-state index contributed by atoms with van der Waals surface area (Å²) in [7, 11) is 0. The van der Waals surface area contributed by atoms with Crippen molar-refractivity contribution in [2.75, 3.05) is 0 Å². The highest BCUT2D eigenvalue weighted by Gasteiger charge is 2.41. The Labute approximate surface area is 90.2 Å². The van der Waals surface area contributed by atoms with Crippen LogP contribution in [0.1, 0.15) is 52.9 Å². The molecule has 0 bridgehead atoms. The van der Waals surface area contributed by atoms with Gasteiger partial charge < -0.3 is 0 Å². The smallest absolute Gasteiger partial charge is 0.171 e. The van der Waals surface area contributed by atoms with Crippen molar-refractivity contribution in [3.63, 3.8) is 0 Å². The number of rotatable bonds is 1. The van der Waals surface area contributed by atoms with E-state index in [1.807, 2.05) is 0 Å². The van der Waals surface area contributed by atoms with Crippen molar-refractivity contribution in [2.24, 2.45) is 17.3 Å². The van der Waals surface area contributed by atoms with Crippen molar-refractivity contribution in [1.82, 2.24) is 0 Å². The van der Waals surface area contributed by atoms with Gasteiger partial charge >= 0.3 is 6.18 Å². The van der Waals surface area contributed by atoms with Gasteiger partial charge in [-0.25, -0.2) is 0 Å². The molecule has 1 aliphatic rings. The number of alkyl halides is 3. The van der Waals surface area contributed by atoms with E-state index in [-0.39, 0.29) is 5.41 Å². The minimum absolute atomic E-state index is 0.246. The number of halogens is 3. The molecule has 1 aliphatic carbocycles. The zero-order valence-electron chi connectivity index (χ0n) is 9.82. The van der Waals surface area contributed by atoms with Crippen LogP contribution in [0.5, 0.6) is 0 Å². The summed E-state index contributed by atoms with van der Waals surface area (Å²) in [4.78, 5) is 0. The largest absolute Gasteiger partial charge is 0.391 e. The fraction of sp³-hybridized carbons (Fsp3) is 1.00. The normalized spacial score (nSPS) is 29.2. The van der Waals surface area contributed by atoms with Gasteiger partial charge in [-0.05, 0) is 43.4 Å². The lowest BCUT2D eigenvalue weighted by molar-refractivity contribution is -0.184. The second-order valence-corrected chi connectivity index (χ2v) is 6.02. The molecular weight excluding hydrogens is 201 g/mol. The Balaban J connectivity index is 2.37. The molecule has 0 aliphatic heterocycles. The van der Waals surface area contributed by atoms with E-state index < -0.39 is 12.1 Å². The summed E-state index contributed by atoms with van der Waals surface area (Å²) in [6.45, 7) is 6.47. The first-order chi connectivity index (χ1) is 6.68. The minimum Gasteiger partial charge on any atom is -0.171 e. The zero-order chi connectivity index (χ0) is 11.7. The molecule has 1 rings (SSSR count). The Kier molecular flexibility index (Phi) is 3.72. The first-order valence-electron chi connectivity index (χ1n) is 5.75. The van der Waals surface area contributed by atoms with Crippen molar-refractivity contribution in [3.05, 3.63) is 0 Å². The van der Waals surface area contributed by atoms with Crippen molar-refractivity contribution in [2.45, 2.75) is 59.1 Å². The summed E-state index contributed by atoms with van der Waals surface area (Å²) in [5.41, 5.74) is 0.246. The van der Waals surface area contributed by atoms with Crippen LogP contribution in [0.4, 0.5) is 13.2 Å². The van der Waals surface area contributed by atoms with Gasteiger partial charge in [-0.2, -0.15) is 13.2 Å². The fourth-order valence-corrected chi connectivity index (χ4v) is 2.56. The third kappa shape index (κ3) is 4.43. The highest BCUT2D eigenvalue weighted by molar-refractivity contribution is 4.79. The van der Waals surface area contributed by atoms with Crippen LogP contribution < -0.4 is 0 Å². The maximum Gasteiger partial charge on any atom is 0.391 e. The minimum atomic E-state index is -3.97. The van der Waals surface area contributed by atoms with Gasteiger partial charge in [0, 0.05) is 0 Å². The topological polar surface area (TPSA) is 0 Å². The molecule has 0 nitrogen and oxygen atoms in total. The van der Waals surface area contributed by atoms with Crippen molar-refractivity contribution in [1.29, 1.82) is 0 Å². The Morgan fingerprint density at radius 1 is 0.933 bits per heavy atom. The van der Waals surface area contributed by atoms with Gasteiger partial charge in [0.15, 0.2) is 0 Å². The second-order valence-electron chi connectivity index (χ2n) is 6.02. The SMILES string of the molecule is CC(C)(C)CC1CCC(C(F)(F)F)CC1. The Morgan fingerprint density at radius 2 is 1.40 bits per heavy atom. The zero-order valence-corrected chi connectivity index (χ0v) is 9.82. The van der Waals surface area contributed by atoms with Gasteiger partial charge in [0.05, 0.1) is 5.92 Å². The van der Waals surface area contributed by atoms with Crippen LogP contribution in [0.15, 0.2) is 0 Å². The summed E-state index contributed by atoms with van der Waals surface area (Å²) in [5, 5.41) is 0. The molecule has 15 heavy (non-hydrogen) atoms. The van der Waals surface area contributed by atoms with E-state index in [1.54, 1.807) is 0 Å². The van der Waals surface area contributed by atoms with Gasteiger partial charge in [0.25, 0.3) is 0 Å². The van der Waals surface area contributed by atoms with E-state index in [0.717, 1.165) is 19.3 Å². The molecule has 0 amide bonds. The lowest BCUT2D eigenvalue weighted by Crippen LogP contribution is -2.28. The lowest BCUT2D eigenvalue weighted by Gasteiger charge is -2.33. The second kappa shape index (κ2) is 4.34. The number of hydrogen-bond acceptors (Lipinski definition) is 0. The molecule has 90 valence electrons. The maximum absolute atomic E-state index is 12.4. The first-order valence-corrected chi connectivity index (χ1v) is 5.75. The third-order valence-corrected chi connectivity index (χ3v) is 3.21. The van der Waals surface area contributed by atoms with E-state index in [9.17, 15) is 13.2 Å². The summed E-state index contributed by atoms with van der Waals surface area (Å²) >= 11 is 0. The maximum atomic E-state index is 12.4. The number of hydrogen-bond donors (Lipinski definition) is 0. The van der Waals surface area contributed by atoms with Crippen LogP contribution in [0.3, 0.4) is 0 Å². The summed E-state index contributed by atoms with van der Waals surface area (Å²) in [5.74, 6) is -0.530. The van der Waals surface area contributed by atoms with E-state index in [1.165, 1.54) is 0 Å². The fourth-order valence-electron chi connectivity index (χ4n) is 2.56. The van der Waals surface area contributed by atoms with Gasteiger partial charge in [-0.1, -0.05) is 20.8 Å². The predicted octanol–water partition coefficient (Wildman–Crippen LogP) is 4.79. The molecule has 3 heteroatoms. The Morgan fingerprint density at radius 3 is 1.73 bits per heavy atom. The monoisotopic (exact) mass is 222 g/mol. The molecule has 0 spiro atoms. The van der Waals surface area contributed by atoms with E-state index in [0.29, 0.717) is 18.8 Å². The Bertz CT molecular complexity index is 192. The van der Waals surface area contributed by atoms with Crippen molar-refractivity contribution in [3.8, 4) is 0 Å². The molecule has 0 heterocycles. The molecule has 0 aromatic rings. The van der Waals surface area contributed by atoms with Crippen LogP contribution in [-0.4, -0.2) is 6.18 Å². The van der Waals surface area contributed by atoms with Crippen LogP contribution >= 0.6 is 0 Å².